The number of imidazole rings is 1. The minimum Gasteiger partial charge on any atom is -0.348 e. The van der Waals surface area contributed by atoms with Crippen molar-refractivity contribution in [3.05, 3.63) is 54.1 Å². The number of hydrogen-bond donors (Lipinski definition) is 1. The van der Waals surface area contributed by atoms with Crippen molar-refractivity contribution >= 4 is 0 Å². The highest BCUT2D eigenvalue weighted by Gasteiger charge is 2.19. The van der Waals surface area contributed by atoms with Gasteiger partial charge in [-0.3, -0.25) is 0 Å². The Labute approximate surface area is 90.4 Å². The monoisotopic (exact) mass is 200 g/mol. The number of nitrogens with one attached hydrogen (secondary N) is 1. The molecule has 2 heteroatoms. The lowest BCUT2D eigenvalue weighted by molar-refractivity contribution is 0.543. The van der Waals surface area contributed by atoms with Gasteiger partial charge in [0.1, 0.15) is 5.82 Å². The quantitative estimate of drug-likeness (QED) is 0.809. The number of benzene rings is 1. The number of aromatic amines is 1. The molecule has 2 aromatic rings. The van der Waals surface area contributed by atoms with Crippen LogP contribution in [0.1, 0.15) is 31.2 Å². The normalized spacial score (nSPS) is 13.0. The highest BCUT2D eigenvalue weighted by Crippen LogP contribution is 2.28. The van der Waals surface area contributed by atoms with E-state index in [1.54, 1.807) is 0 Å². The fourth-order valence-electron chi connectivity index (χ4n) is 1.97. The molecule has 2 rings (SSSR count). The lowest BCUT2D eigenvalue weighted by atomic mass is 9.88. The van der Waals surface area contributed by atoms with Crippen molar-refractivity contribution in [1.29, 1.82) is 0 Å². The van der Waals surface area contributed by atoms with Gasteiger partial charge < -0.3 is 4.98 Å². The molecule has 78 valence electrons. The topological polar surface area (TPSA) is 28.7 Å². The third-order valence-corrected chi connectivity index (χ3v) is 2.64. The minimum atomic E-state index is 0.362. The Balaban J connectivity index is 2.37. The lowest BCUT2D eigenvalue weighted by Crippen LogP contribution is -2.10. The number of H-pyrrole nitrogens is 1. The van der Waals surface area contributed by atoms with Gasteiger partial charge in [-0.05, 0) is 11.5 Å². The molecule has 0 radical (unpaired) electrons. The zero-order chi connectivity index (χ0) is 10.7. The van der Waals surface area contributed by atoms with E-state index in [9.17, 15) is 0 Å². The molecule has 0 amide bonds. The number of rotatable bonds is 3. The SMILES string of the molecule is CC(C)[C@H](c1ccccc1)c1ncc[nH]1. The van der Waals surface area contributed by atoms with Gasteiger partial charge in [0.2, 0.25) is 0 Å². The molecule has 0 aliphatic rings. The second-order valence-electron chi connectivity index (χ2n) is 4.11. The molecule has 0 aliphatic heterocycles. The van der Waals surface area contributed by atoms with Gasteiger partial charge in [0.25, 0.3) is 0 Å². The van der Waals surface area contributed by atoms with Crippen molar-refractivity contribution in [2.45, 2.75) is 19.8 Å². The zero-order valence-corrected chi connectivity index (χ0v) is 9.14. The Morgan fingerprint density at radius 3 is 2.40 bits per heavy atom. The van der Waals surface area contributed by atoms with E-state index >= 15 is 0 Å². The fraction of sp³-hybridized carbons (Fsp3) is 0.308. The van der Waals surface area contributed by atoms with Gasteiger partial charge in [0.15, 0.2) is 0 Å². The molecule has 1 aromatic heterocycles. The Morgan fingerprint density at radius 1 is 1.13 bits per heavy atom. The first-order chi connectivity index (χ1) is 7.29. The van der Waals surface area contributed by atoms with Crippen LogP contribution in [0.2, 0.25) is 0 Å². The van der Waals surface area contributed by atoms with E-state index in [4.69, 9.17) is 0 Å². The van der Waals surface area contributed by atoms with Gasteiger partial charge in [-0.2, -0.15) is 0 Å². The zero-order valence-electron chi connectivity index (χ0n) is 9.14. The summed E-state index contributed by atoms with van der Waals surface area (Å²) in [4.78, 5) is 7.56. The van der Waals surface area contributed by atoms with E-state index in [-0.39, 0.29) is 0 Å². The van der Waals surface area contributed by atoms with E-state index in [2.05, 4.69) is 48.1 Å². The van der Waals surface area contributed by atoms with Crippen LogP contribution in [0.3, 0.4) is 0 Å². The van der Waals surface area contributed by atoms with Gasteiger partial charge in [-0.1, -0.05) is 44.2 Å². The van der Waals surface area contributed by atoms with Crippen LogP contribution < -0.4 is 0 Å². The molecular weight excluding hydrogens is 184 g/mol. The minimum absolute atomic E-state index is 0.362. The van der Waals surface area contributed by atoms with Gasteiger partial charge in [-0.25, -0.2) is 4.98 Å². The van der Waals surface area contributed by atoms with E-state index in [1.807, 2.05) is 18.5 Å². The van der Waals surface area contributed by atoms with Crippen LogP contribution in [0.5, 0.6) is 0 Å². The average Bonchev–Trinajstić information content (AvgIpc) is 2.72. The summed E-state index contributed by atoms with van der Waals surface area (Å²) in [5.41, 5.74) is 1.32. The maximum atomic E-state index is 4.36. The number of hydrogen-bond acceptors (Lipinski definition) is 1. The van der Waals surface area contributed by atoms with Crippen molar-refractivity contribution in [3.8, 4) is 0 Å². The molecule has 1 aromatic carbocycles. The van der Waals surface area contributed by atoms with Crippen LogP contribution in [-0.4, -0.2) is 9.97 Å². The van der Waals surface area contributed by atoms with Crippen LogP contribution in [0, 0.1) is 5.92 Å². The van der Waals surface area contributed by atoms with Crippen molar-refractivity contribution in [2.75, 3.05) is 0 Å². The van der Waals surface area contributed by atoms with Gasteiger partial charge in [0.05, 0.1) is 0 Å². The first kappa shape index (κ1) is 9.97. The Hall–Kier alpha value is -1.57. The molecule has 0 aliphatic carbocycles. The van der Waals surface area contributed by atoms with Crippen LogP contribution in [0.25, 0.3) is 0 Å². The molecule has 1 atom stereocenters. The molecule has 0 saturated carbocycles. The van der Waals surface area contributed by atoms with E-state index in [0.717, 1.165) is 5.82 Å². The second kappa shape index (κ2) is 4.30. The van der Waals surface area contributed by atoms with Crippen molar-refractivity contribution < 1.29 is 0 Å². The van der Waals surface area contributed by atoms with Gasteiger partial charge in [-0.15, -0.1) is 0 Å². The smallest absolute Gasteiger partial charge is 0.113 e. The molecule has 1 N–H and O–H groups in total. The summed E-state index contributed by atoms with van der Waals surface area (Å²) in [6.45, 7) is 4.44. The van der Waals surface area contributed by atoms with Gasteiger partial charge >= 0.3 is 0 Å². The molecule has 0 saturated heterocycles. The van der Waals surface area contributed by atoms with Crippen LogP contribution in [0.15, 0.2) is 42.7 Å². The van der Waals surface area contributed by atoms with E-state index in [0.29, 0.717) is 11.8 Å². The van der Waals surface area contributed by atoms with Crippen molar-refractivity contribution in [1.82, 2.24) is 9.97 Å². The van der Waals surface area contributed by atoms with Crippen molar-refractivity contribution in [2.24, 2.45) is 5.92 Å². The Morgan fingerprint density at radius 2 is 1.87 bits per heavy atom. The van der Waals surface area contributed by atoms with Crippen LogP contribution in [0.4, 0.5) is 0 Å². The average molecular weight is 200 g/mol. The molecule has 0 unspecified atom stereocenters. The molecule has 0 bridgehead atoms. The summed E-state index contributed by atoms with van der Waals surface area (Å²) >= 11 is 0. The van der Waals surface area contributed by atoms with Crippen LogP contribution >= 0.6 is 0 Å². The fourth-order valence-corrected chi connectivity index (χ4v) is 1.97. The predicted octanol–water partition coefficient (Wildman–Crippen LogP) is 3.20. The highest BCUT2D eigenvalue weighted by molar-refractivity contribution is 5.26. The predicted molar refractivity (Wildman–Crippen MR) is 61.7 cm³/mol. The molecule has 2 nitrogen and oxygen atoms in total. The summed E-state index contributed by atoms with van der Waals surface area (Å²) in [6.07, 6.45) is 3.70. The summed E-state index contributed by atoms with van der Waals surface area (Å²) in [7, 11) is 0. The molecular formula is C13H16N2. The summed E-state index contributed by atoms with van der Waals surface area (Å²) in [5.74, 6) is 1.95. The van der Waals surface area contributed by atoms with E-state index < -0.39 is 0 Å². The summed E-state index contributed by atoms with van der Waals surface area (Å²) in [5, 5.41) is 0. The Bertz CT molecular complexity index is 390. The molecule has 1 heterocycles. The van der Waals surface area contributed by atoms with Crippen molar-refractivity contribution in [3.63, 3.8) is 0 Å². The molecule has 15 heavy (non-hydrogen) atoms. The third kappa shape index (κ3) is 2.09. The lowest BCUT2D eigenvalue weighted by Gasteiger charge is -2.18. The van der Waals surface area contributed by atoms with E-state index in [1.165, 1.54) is 5.56 Å². The first-order valence-electron chi connectivity index (χ1n) is 5.33. The maximum absolute atomic E-state index is 4.36. The molecule has 0 fully saturated rings. The Kier molecular flexibility index (Phi) is 2.86. The summed E-state index contributed by atoms with van der Waals surface area (Å²) < 4.78 is 0. The standard InChI is InChI=1S/C13H16N2/c1-10(2)12(13-14-8-9-15-13)11-6-4-3-5-7-11/h3-10,12H,1-2H3,(H,14,15)/t12-/m1/s1. The second-order valence-corrected chi connectivity index (χ2v) is 4.11. The van der Waals surface area contributed by atoms with Crippen LogP contribution in [-0.2, 0) is 0 Å². The maximum Gasteiger partial charge on any atom is 0.113 e. The van der Waals surface area contributed by atoms with Gasteiger partial charge in [0, 0.05) is 18.3 Å². The largest absolute Gasteiger partial charge is 0.348 e. The first-order valence-corrected chi connectivity index (χ1v) is 5.33. The molecule has 0 spiro atoms. The highest BCUT2D eigenvalue weighted by atomic mass is 14.9. The summed E-state index contributed by atoms with van der Waals surface area (Å²) in [6, 6.07) is 10.5. The third-order valence-electron chi connectivity index (χ3n) is 2.64. The number of aromatic nitrogens is 2. The number of nitrogens with zero attached hydrogens (tertiary/aromatic N) is 1.